The molecule has 0 aliphatic carbocycles. The number of rotatable bonds is 3. The molecule has 0 bridgehead atoms. The van der Waals surface area contributed by atoms with Crippen LogP contribution >= 0.6 is 0 Å². The van der Waals surface area contributed by atoms with Crippen molar-refractivity contribution in [1.29, 1.82) is 0 Å². The van der Waals surface area contributed by atoms with Crippen molar-refractivity contribution in [3.8, 4) is 5.75 Å². The van der Waals surface area contributed by atoms with Gasteiger partial charge in [-0.2, -0.15) is 0 Å². The fourth-order valence-electron chi connectivity index (χ4n) is 1.37. The molecule has 0 unspecified atom stereocenters. The number of nitrogens with two attached hydrogens (primary N) is 1. The van der Waals surface area contributed by atoms with Crippen molar-refractivity contribution in [3.05, 3.63) is 29.8 Å². The van der Waals surface area contributed by atoms with E-state index in [2.05, 4.69) is 0 Å². The Balaban J connectivity index is 2.68. The smallest absolute Gasteiger partial charge is 0.308 e. The number of carbonyl (C=O) groups is 1. The average molecular weight is 207 g/mol. The Morgan fingerprint density at radius 2 is 1.87 bits per heavy atom. The van der Waals surface area contributed by atoms with Crippen molar-refractivity contribution in [2.75, 3.05) is 0 Å². The largest absolute Gasteiger partial charge is 0.427 e. The second-order valence-electron chi connectivity index (χ2n) is 4.40. The first-order chi connectivity index (χ1) is 6.87. The Morgan fingerprint density at radius 3 is 2.27 bits per heavy atom. The Hall–Kier alpha value is -1.35. The number of ether oxygens (including phenoxy) is 1. The highest BCUT2D eigenvalue weighted by molar-refractivity contribution is 5.69. The summed E-state index contributed by atoms with van der Waals surface area (Å²) in [7, 11) is 0. The lowest BCUT2D eigenvalue weighted by Gasteiger charge is -2.18. The third kappa shape index (κ3) is 4.61. The monoisotopic (exact) mass is 207 g/mol. The molecule has 0 saturated carbocycles. The quantitative estimate of drug-likeness (QED) is 0.608. The van der Waals surface area contributed by atoms with Gasteiger partial charge in [-0.3, -0.25) is 4.79 Å². The van der Waals surface area contributed by atoms with Crippen molar-refractivity contribution in [3.63, 3.8) is 0 Å². The van der Waals surface area contributed by atoms with Crippen LogP contribution in [0.5, 0.6) is 5.75 Å². The normalized spacial score (nSPS) is 11.2. The van der Waals surface area contributed by atoms with E-state index >= 15 is 0 Å². The molecule has 3 nitrogen and oxygen atoms in total. The minimum Gasteiger partial charge on any atom is -0.427 e. The molecular weight excluding hydrogens is 190 g/mol. The lowest BCUT2D eigenvalue weighted by molar-refractivity contribution is -0.131. The van der Waals surface area contributed by atoms with Crippen molar-refractivity contribution in [2.24, 2.45) is 5.73 Å². The van der Waals surface area contributed by atoms with Crippen molar-refractivity contribution in [2.45, 2.75) is 32.7 Å². The standard InChI is InChI=1S/C12H17NO2/c1-9(14)15-11-6-4-10(5-7-11)8-12(2,3)13/h4-7H,8,13H2,1-3H3. The first-order valence-corrected chi connectivity index (χ1v) is 4.93. The van der Waals surface area contributed by atoms with E-state index in [4.69, 9.17) is 10.5 Å². The van der Waals surface area contributed by atoms with Gasteiger partial charge in [-0.1, -0.05) is 12.1 Å². The van der Waals surface area contributed by atoms with Crippen LogP contribution in [0.4, 0.5) is 0 Å². The lowest BCUT2D eigenvalue weighted by atomic mass is 9.96. The van der Waals surface area contributed by atoms with E-state index in [0.717, 1.165) is 12.0 Å². The van der Waals surface area contributed by atoms with Gasteiger partial charge >= 0.3 is 5.97 Å². The van der Waals surface area contributed by atoms with Gasteiger partial charge in [0.25, 0.3) is 0 Å². The van der Waals surface area contributed by atoms with Crippen LogP contribution < -0.4 is 10.5 Å². The van der Waals surface area contributed by atoms with Gasteiger partial charge in [0.15, 0.2) is 0 Å². The van der Waals surface area contributed by atoms with Gasteiger partial charge in [0.05, 0.1) is 0 Å². The van der Waals surface area contributed by atoms with Crippen LogP contribution in [0.3, 0.4) is 0 Å². The molecule has 0 fully saturated rings. The zero-order chi connectivity index (χ0) is 11.5. The van der Waals surface area contributed by atoms with Crippen molar-refractivity contribution in [1.82, 2.24) is 0 Å². The number of carbonyl (C=O) groups excluding carboxylic acids is 1. The third-order valence-electron chi connectivity index (χ3n) is 1.84. The molecule has 0 aliphatic heterocycles. The van der Waals surface area contributed by atoms with E-state index in [0.29, 0.717) is 5.75 Å². The SMILES string of the molecule is CC(=O)Oc1ccc(CC(C)(C)N)cc1. The van der Waals surface area contributed by atoms with Gasteiger partial charge in [-0.25, -0.2) is 0 Å². The van der Waals surface area contributed by atoms with Crippen LogP contribution in [0.25, 0.3) is 0 Å². The fraction of sp³-hybridized carbons (Fsp3) is 0.417. The van der Waals surface area contributed by atoms with E-state index in [1.807, 2.05) is 26.0 Å². The van der Waals surface area contributed by atoms with Crippen LogP contribution in [-0.4, -0.2) is 11.5 Å². The van der Waals surface area contributed by atoms with Crippen molar-refractivity contribution < 1.29 is 9.53 Å². The summed E-state index contributed by atoms with van der Waals surface area (Å²) < 4.78 is 4.93. The predicted octanol–water partition coefficient (Wildman–Crippen LogP) is 1.89. The van der Waals surface area contributed by atoms with Gasteiger partial charge in [-0.05, 0) is 38.0 Å². The molecule has 15 heavy (non-hydrogen) atoms. The van der Waals surface area contributed by atoms with Crippen LogP contribution in [0.1, 0.15) is 26.3 Å². The number of hydrogen-bond acceptors (Lipinski definition) is 3. The molecule has 0 heterocycles. The van der Waals surface area contributed by atoms with Crippen LogP contribution in [0.15, 0.2) is 24.3 Å². The Morgan fingerprint density at radius 1 is 1.33 bits per heavy atom. The molecular formula is C12H17NO2. The first-order valence-electron chi connectivity index (χ1n) is 4.93. The minimum atomic E-state index is -0.304. The van der Waals surface area contributed by atoms with E-state index < -0.39 is 0 Å². The molecule has 0 saturated heterocycles. The Kier molecular flexibility index (Phi) is 3.48. The predicted molar refractivity (Wildman–Crippen MR) is 59.7 cm³/mol. The van der Waals surface area contributed by atoms with Crippen LogP contribution in [-0.2, 0) is 11.2 Å². The Bertz CT molecular complexity index is 336. The fourth-order valence-corrected chi connectivity index (χ4v) is 1.37. The number of esters is 1. The van der Waals surface area contributed by atoms with Gasteiger partial charge in [0.1, 0.15) is 5.75 Å². The molecule has 0 spiro atoms. The van der Waals surface area contributed by atoms with Crippen LogP contribution in [0.2, 0.25) is 0 Å². The van der Waals surface area contributed by atoms with E-state index in [9.17, 15) is 4.79 Å². The maximum atomic E-state index is 10.7. The average Bonchev–Trinajstić information content (AvgIpc) is 2.05. The lowest BCUT2D eigenvalue weighted by Crippen LogP contribution is -2.34. The molecule has 0 aromatic heterocycles. The highest BCUT2D eigenvalue weighted by Crippen LogP contribution is 2.15. The third-order valence-corrected chi connectivity index (χ3v) is 1.84. The topological polar surface area (TPSA) is 52.3 Å². The zero-order valence-corrected chi connectivity index (χ0v) is 9.41. The van der Waals surface area contributed by atoms with E-state index in [1.54, 1.807) is 12.1 Å². The molecule has 1 aromatic rings. The molecule has 0 aliphatic rings. The van der Waals surface area contributed by atoms with Crippen LogP contribution in [0, 0.1) is 0 Å². The van der Waals surface area contributed by atoms with Gasteiger partial charge in [0.2, 0.25) is 0 Å². The molecule has 0 radical (unpaired) electrons. The summed E-state index contributed by atoms with van der Waals surface area (Å²) in [4.78, 5) is 10.7. The van der Waals surface area contributed by atoms with E-state index in [-0.39, 0.29) is 11.5 Å². The summed E-state index contributed by atoms with van der Waals surface area (Å²) in [6, 6.07) is 7.41. The summed E-state index contributed by atoms with van der Waals surface area (Å²) in [6.07, 6.45) is 0.799. The van der Waals surface area contributed by atoms with Crippen molar-refractivity contribution >= 4 is 5.97 Å². The molecule has 0 amide bonds. The second kappa shape index (κ2) is 4.45. The maximum Gasteiger partial charge on any atom is 0.308 e. The minimum absolute atomic E-state index is 0.219. The molecule has 1 aromatic carbocycles. The molecule has 2 N–H and O–H groups in total. The van der Waals surface area contributed by atoms with Gasteiger partial charge in [-0.15, -0.1) is 0 Å². The number of benzene rings is 1. The highest BCUT2D eigenvalue weighted by atomic mass is 16.5. The zero-order valence-electron chi connectivity index (χ0n) is 9.41. The molecule has 82 valence electrons. The van der Waals surface area contributed by atoms with E-state index in [1.165, 1.54) is 6.92 Å². The summed E-state index contributed by atoms with van der Waals surface area (Å²) >= 11 is 0. The highest BCUT2D eigenvalue weighted by Gasteiger charge is 2.11. The Labute approximate surface area is 90.2 Å². The maximum absolute atomic E-state index is 10.7. The summed E-state index contributed by atoms with van der Waals surface area (Å²) in [6.45, 7) is 5.34. The van der Waals surface area contributed by atoms with Gasteiger partial charge < -0.3 is 10.5 Å². The molecule has 0 atom stereocenters. The second-order valence-corrected chi connectivity index (χ2v) is 4.40. The molecule has 1 rings (SSSR count). The summed E-state index contributed by atoms with van der Waals surface area (Å²) in [5, 5.41) is 0. The summed E-state index contributed by atoms with van der Waals surface area (Å²) in [5.74, 6) is 0.267. The molecule has 3 heteroatoms. The first kappa shape index (κ1) is 11.7. The van der Waals surface area contributed by atoms with Gasteiger partial charge in [0, 0.05) is 12.5 Å². The summed E-state index contributed by atoms with van der Waals surface area (Å²) in [5.41, 5.74) is 6.82. The number of hydrogen-bond donors (Lipinski definition) is 1.